The van der Waals surface area contributed by atoms with Gasteiger partial charge in [0.2, 0.25) is 5.91 Å². The van der Waals surface area contributed by atoms with Gasteiger partial charge in [0.1, 0.15) is 0 Å². The molecule has 0 radical (unpaired) electrons. The largest absolute Gasteiger partial charge is 0.342 e. The number of amides is 1. The van der Waals surface area contributed by atoms with Crippen molar-refractivity contribution in [2.24, 2.45) is 5.92 Å². The Morgan fingerprint density at radius 1 is 1.39 bits per heavy atom. The number of carbonyl (C=O) groups excluding carboxylic acids is 1. The lowest BCUT2D eigenvalue weighted by atomic mass is 9.94. The van der Waals surface area contributed by atoms with E-state index in [9.17, 15) is 4.79 Å². The average molecular weight is 253 g/mol. The van der Waals surface area contributed by atoms with Crippen LogP contribution in [0, 0.1) is 5.92 Å². The van der Waals surface area contributed by atoms with Crippen molar-refractivity contribution < 1.29 is 4.79 Å². The molecule has 2 fully saturated rings. The molecule has 2 aliphatic rings. The molecule has 1 N–H and O–H groups in total. The summed E-state index contributed by atoms with van der Waals surface area (Å²) in [7, 11) is 0. The Morgan fingerprint density at radius 2 is 2.11 bits per heavy atom. The summed E-state index contributed by atoms with van der Waals surface area (Å²) in [5.74, 6) is 1.05. The molecular weight excluding hydrogens is 226 g/mol. The highest BCUT2D eigenvalue weighted by Crippen LogP contribution is 2.26. The van der Waals surface area contributed by atoms with Crippen LogP contribution < -0.4 is 5.32 Å². The number of nitrogens with one attached hydrogen (secondary N) is 1. The molecule has 3 atom stereocenters. The van der Waals surface area contributed by atoms with Crippen molar-refractivity contribution in [3.63, 3.8) is 0 Å². The minimum absolute atomic E-state index is 0.0392. The summed E-state index contributed by atoms with van der Waals surface area (Å²) in [4.78, 5) is 16.7. The standard InChI is InChI=1S/C14H27N3O/c1-4-16(5-2)14(18)11(3)17-9-12-7-6-8-15-13(12)10-17/h11-13,15H,4-10H2,1-3H3/t11?,12-,13+/m0/s1. The molecule has 4 nitrogen and oxygen atoms in total. The second-order valence-corrected chi connectivity index (χ2v) is 5.60. The topological polar surface area (TPSA) is 35.6 Å². The number of nitrogens with zero attached hydrogens (tertiary/aromatic N) is 2. The van der Waals surface area contributed by atoms with Gasteiger partial charge in [-0.15, -0.1) is 0 Å². The molecule has 2 aliphatic heterocycles. The van der Waals surface area contributed by atoms with Gasteiger partial charge in [0.05, 0.1) is 6.04 Å². The highest BCUT2D eigenvalue weighted by molar-refractivity contribution is 5.81. The number of hydrogen-bond donors (Lipinski definition) is 1. The van der Waals surface area contributed by atoms with E-state index in [2.05, 4.69) is 31.0 Å². The molecule has 0 spiro atoms. The van der Waals surface area contributed by atoms with E-state index in [4.69, 9.17) is 0 Å². The third kappa shape index (κ3) is 2.69. The number of likely N-dealkylation sites (N-methyl/N-ethyl adjacent to an activating group) is 1. The first-order chi connectivity index (χ1) is 8.67. The van der Waals surface area contributed by atoms with Crippen LogP contribution in [0.1, 0.15) is 33.6 Å². The van der Waals surface area contributed by atoms with Gasteiger partial charge >= 0.3 is 0 Å². The molecule has 0 aromatic heterocycles. The molecule has 0 aliphatic carbocycles. The fourth-order valence-electron chi connectivity index (χ4n) is 3.35. The summed E-state index contributed by atoms with van der Waals surface area (Å²) in [5, 5.41) is 3.60. The van der Waals surface area contributed by atoms with Gasteiger partial charge in [0.15, 0.2) is 0 Å². The summed E-state index contributed by atoms with van der Waals surface area (Å²) in [6.45, 7) is 11.1. The molecule has 0 bridgehead atoms. The second-order valence-electron chi connectivity index (χ2n) is 5.60. The molecule has 1 unspecified atom stereocenters. The van der Waals surface area contributed by atoms with E-state index in [-0.39, 0.29) is 6.04 Å². The summed E-state index contributed by atoms with van der Waals surface area (Å²) in [6, 6.07) is 0.656. The van der Waals surface area contributed by atoms with E-state index < -0.39 is 0 Å². The minimum Gasteiger partial charge on any atom is -0.342 e. The zero-order chi connectivity index (χ0) is 13.1. The Hall–Kier alpha value is -0.610. The van der Waals surface area contributed by atoms with Gasteiger partial charge in [-0.05, 0) is 46.1 Å². The highest BCUT2D eigenvalue weighted by atomic mass is 16.2. The van der Waals surface area contributed by atoms with Crippen molar-refractivity contribution in [2.45, 2.75) is 45.7 Å². The smallest absolute Gasteiger partial charge is 0.239 e. The van der Waals surface area contributed by atoms with Gasteiger partial charge in [-0.3, -0.25) is 9.69 Å². The first kappa shape index (κ1) is 13.8. The van der Waals surface area contributed by atoms with Crippen LogP contribution in [-0.4, -0.2) is 60.5 Å². The van der Waals surface area contributed by atoms with E-state index in [1.807, 2.05) is 4.90 Å². The fourth-order valence-corrected chi connectivity index (χ4v) is 3.35. The molecule has 2 rings (SSSR count). The molecule has 4 heteroatoms. The molecule has 18 heavy (non-hydrogen) atoms. The van der Waals surface area contributed by atoms with E-state index in [1.165, 1.54) is 12.8 Å². The molecule has 104 valence electrons. The summed E-state index contributed by atoms with van der Waals surface area (Å²) in [6.07, 6.45) is 2.60. The second kappa shape index (κ2) is 6.02. The number of hydrogen-bond acceptors (Lipinski definition) is 3. The number of piperidine rings is 1. The van der Waals surface area contributed by atoms with Crippen LogP contribution in [0.15, 0.2) is 0 Å². The van der Waals surface area contributed by atoms with Crippen molar-refractivity contribution >= 4 is 5.91 Å². The van der Waals surface area contributed by atoms with Crippen molar-refractivity contribution in [3.8, 4) is 0 Å². The minimum atomic E-state index is 0.0392. The molecule has 2 heterocycles. The van der Waals surface area contributed by atoms with Crippen LogP contribution in [0.25, 0.3) is 0 Å². The SMILES string of the molecule is CCN(CC)C(=O)C(C)N1C[C@@H]2CCCN[C@@H]2C1. The lowest BCUT2D eigenvalue weighted by molar-refractivity contribution is -0.135. The quantitative estimate of drug-likeness (QED) is 0.809. The Kier molecular flexibility index (Phi) is 4.62. The van der Waals surface area contributed by atoms with Gasteiger partial charge in [-0.2, -0.15) is 0 Å². The molecule has 2 saturated heterocycles. The molecule has 0 saturated carbocycles. The van der Waals surface area contributed by atoms with Crippen LogP contribution in [0.5, 0.6) is 0 Å². The Labute approximate surface area is 111 Å². The van der Waals surface area contributed by atoms with E-state index >= 15 is 0 Å². The van der Waals surface area contributed by atoms with E-state index in [0.29, 0.717) is 11.9 Å². The lowest BCUT2D eigenvalue weighted by Crippen LogP contribution is -2.47. The highest BCUT2D eigenvalue weighted by Gasteiger charge is 2.38. The first-order valence-electron chi connectivity index (χ1n) is 7.43. The summed E-state index contributed by atoms with van der Waals surface area (Å²) < 4.78 is 0. The lowest BCUT2D eigenvalue weighted by Gasteiger charge is -2.29. The van der Waals surface area contributed by atoms with Gasteiger partial charge in [-0.25, -0.2) is 0 Å². The predicted octanol–water partition coefficient (Wildman–Crippen LogP) is 0.927. The van der Waals surface area contributed by atoms with Crippen molar-refractivity contribution in [2.75, 3.05) is 32.7 Å². The van der Waals surface area contributed by atoms with E-state index in [0.717, 1.165) is 38.6 Å². The van der Waals surface area contributed by atoms with Crippen LogP contribution in [0.4, 0.5) is 0 Å². The molecule has 0 aromatic rings. The monoisotopic (exact) mass is 253 g/mol. The van der Waals surface area contributed by atoms with Gasteiger partial charge < -0.3 is 10.2 Å². The Balaban J connectivity index is 1.93. The van der Waals surface area contributed by atoms with Crippen molar-refractivity contribution in [3.05, 3.63) is 0 Å². The van der Waals surface area contributed by atoms with Crippen LogP contribution in [0.2, 0.25) is 0 Å². The zero-order valence-electron chi connectivity index (χ0n) is 12.0. The average Bonchev–Trinajstić information content (AvgIpc) is 2.82. The van der Waals surface area contributed by atoms with Gasteiger partial charge in [-0.1, -0.05) is 0 Å². The number of rotatable bonds is 4. The maximum atomic E-state index is 12.4. The Morgan fingerprint density at radius 3 is 2.72 bits per heavy atom. The number of fused-ring (bicyclic) bond motifs is 1. The van der Waals surface area contributed by atoms with Gasteiger partial charge in [0.25, 0.3) is 0 Å². The molecule has 1 amide bonds. The fraction of sp³-hybridized carbons (Fsp3) is 0.929. The first-order valence-corrected chi connectivity index (χ1v) is 7.43. The van der Waals surface area contributed by atoms with E-state index in [1.54, 1.807) is 0 Å². The number of likely N-dealkylation sites (tertiary alicyclic amines) is 1. The maximum absolute atomic E-state index is 12.4. The summed E-state index contributed by atoms with van der Waals surface area (Å²) in [5.41, 5.74) is 0. The summed E-state index contributed by atoms with van der Waals surface area (Å²) >= 11 is 0. The normalized spacial score (nSPS) is 29.9. The van der Waals surface area contributed by atoms with Crippen LogP contribution in [-0.2, 0) is 4.79 Å². The third-order valence-corrected chi connectivity index (χ3v) is 4.61. The third-order valence-electron chi connectivity index (χ3n) is 4.61. The molecule has 0 aromatic carbocycles. The molecular formula is C14H27N3O. The van der Waals surface area contributed by atoms with Crippen LogP contribution in [0.3, 0.4) is 0 Å². The van der Waals surface area contributed by atoms with Crippen LogP contribution >= 0.6 is 0 Å². The predicted molar refractivity (Wildman–Crippen MR) is 73.5 cm³/mol. The Bertz CT molecular complexity index is 277. The maximum Gasteiger partial charge on any atom is 0.239 e. The zero-order valence-corrected chi connectivity index (χ0v) is 12.0. The van der Waals surface area contributed by atoms with Gasteiger partial charge in [0, 0.05) is 32.2 Å². The number of carbonyl (C=O) groups is 1. The van der Waals surface area contributed by atoms with Crippen molar-refractivity contribution in [1.82, 2.24) is 15.1 Å². The van der Waals surface area contributed by atoms with Crippen molar-refractivity contribution in [1.29, 1.82) is 0 Å².